The molecule has 1 aliphatic heterocycles. The van der Waals surface area contributed by atoms with Gasteiger partial charge in [-0.2, -0.15) is 0 Å². The van der Waals surface area contributed by atoms with Crippen LogP contribution in [0.25, 0.3) is 0 Å². The van der Waals surface area contributed by atoms with Crippen LogP contribution in [0.4, 0.5) is 0 Å². The summed E-state index contributed by atoms with van der Waals surface area (Å²) in [7, 11) is 0. The van der Waals surface area contributed by atoms with Gasteiger partial charge in [-0.3, -0.25) is 4.79 Å². The van der Waals surface area contributed by atoms with Crippen molar-refractivity contribution < 1.29 is 4.79 Å². The Kier molecular flexibility index (Phi) is 5.04. The maximum Gasteiger partial charge on any atom is 0.224 e. The molecule has 2 N–H and O–H groups in total. The quantitative estimate of drug-likeness (QED) is 0.809. The lowest BCUT2D eigenvalue weighted by Crippen LogP contribution is -2.47. The van der Waals surface area contributed by atoms with E-state index in [0.29, 0.717) is 17.9 Å². The predicted molar refractivity (Wildman–Crippen MR) is 74.3 cm³/mol. The van der Waals surface area contributed by atoms with E-state index in [1.165, 1.54) is 32.1 Å². The summed E-state index contributed by atoms with van der Waals surface area (Å²) < 4.78 is 0. The van der Waals surface area contributed by atoms with Crippen LogP contribution in [-0.2, 0) is 4.79 Å². The van der Waals surface area contributed by atoms with Gasteiger partial charge in [0.25, 0.3) is 0 Å². The van der Waals surface area contributed by atoms with Gasteiger partial charge in [-0.1, -0.05) is 26.2 Å². The molecule has 3 unspecified atom stereocenters. The largest absolute Gasteiger partial charge is 0.353 e. The number of hydrogen-bond acceptors (Lipinski definition) is 2. The van der Waals surface area contributed by atoms with Crippen LogP contribution in [0.5, 0.6) is 0 Å². The van der Waals surface area contributed by atoms with Crippen molar-refractivity contribution in [3.05, 3.63) is 0 Å². The fourth-order valence-corrected chi connectivity index (χ4v) is 3.45. The average molecular weight is 252 g/mol. The van der Waals surface area contributed by atoms with Crippen LogP contribution in [-0.4, -0.2) is 25.0 Å². The van der Waals surface area contributed by atoms with Crippen molar-refractivity contribution >= 4 is 5.91 Å². The van der Waals surface area contributed by atoms with E-state index in [4.69, 9.17) is 0 Å². The van der Waals surface area contributed by atoms with Gasteiger partial charge in [0.2, 0.25) is 5.91 Å². The fraction of sp³-hybridized carbons (Fsp3) is 0.933. The molecule has 0 bridgehead atoms. The molecule has 2 rings (SSSR count). The number of hydrogen-bond donors (Lipinski definition) is 2. The highest BCUT2D eigenvalue weighted by atomic mass is 16.2. The Morgan fingerprint density at radius 1 is 1.22 bits per heavy atom. The molecule has 0 radical (unpaired) electrons. The summed E-state index contributed by atoms with van der Waals surface area (Å²) >= 11 is 0. The minimum Gasteiger partial charge on any atom is -0.353 e. The van der Waals surface area contributed by atoms with Gasteiger partial charge in [-0.25, -0.2) is 0 Å². The zero-order valence-corrected chi connectivity index (χ0v) is 11.9. The molecule has 0 spiro atoms. The minimum atomic E-state index is 0.180. The Balaban J connectivity index is 1.78. The monoisotopic (exact) mass is 252 g/mol. The summed E-state index contributed by atoms with van der Waals surface area (Å²) in [4.78, 5) is 12.2. The van der Waals surface area contributed by atoms with Crippen molar-refractivity contribution in [3.8, 4) is 0 Å². The summed E-state index contributed by atoms with van der Waals surface area (Å²) in [5.74, 6) is 1.78. The Bertz CT molecular complexity index is 274. The smallest absolute Gasteiger partial charge is 0.224 e. The first-order chi connectivity index (χ1) is 8.66. The average Bonchev–Trinajstić information content (AvgIpc) is 2.39. The Hall–Kier alpha value is -0.570. The highest BCUT2D eigenvalue weighted by Gasteiger charge is 2.28. The normalized spacial score (nSPS) is 31.9. The molecule has 3 atom stereocenters. The molecule has 3 heteroatoms. The van der Waals surface area contributed by atoms with E-state index in [2.05, 4.69) is 24.5 Å². The number of rotatable bonds is 3. The lowest BCUT2D eigenvalue weighted by atomic mass is 9.84. The zero-order valence-electron chi connectivity index (χ0n) is 11.9. The second kappa shape index (κ2) is 6.55. The fourth-order valence-electron chi connectivity index (χ4n) is 3.45. The summed E-state index contributed by atoms with van der Waals surface area (Å²) in [5, 5.41) is 6.62. The number of amides is 1. The molecule has 1 saturated heterocycles. The van der Waals surface area contributed by atoms with E-state index in [0.717, 1.165) is 19.5 Å². The molecule has 18 heavy (non-hydrogen) atoms. The van der Waals surface area contributed by atoms with E-state index >= 15 is 0 Å². The molecule has 0 aromatic carbocycles. The molecule has 104 valence electrons. The Morgan fingerprint density at radius 2 is 1.94 bits per heavy atom. The number of nitrogens with one attached hydrogen (secondary N) is 2. The topological polar surface area (TPSA) is 41.1 Å². The van der Waals surface area contributed by atoms with Crippen molar-refractivity contribution in [1.29, 1.82) is 0 Å². The first kappa shape index (κ1) is 13.9. The molecule has 1 saturated carbocycles. The van der Waals surface area contributed by atoms with Crippen LogP contribution in [0, 0.1) is 17.8 Å². The zero-order chi connectivity index (χ0) is 13.0. The molecule has 0 aromatic heterocycles. The van der Waals surface area contributed by atoms with Gasteiger partial charge in [0.15, 0.2) is 0 Å². The highest BCUT2D eigenvalue weighted by molar-refractivity contribution is 5.79. The van der Waals surface area contributed by atoms with Gasteiger partial charge in [0, 0.05) is 12.6 Å². The van der Waals surface area contributed by atoms with Crippen LogP contribution >= 0.6 is 0 Å². The number of carbonyl (C=O) groups is 1. The third-order valence-electron chi connectivity index (χ3n) is 4.67. The van der Waals surface area contributed by atoms with E-state index in [1.54, 1.807) is 0 Å². The molecular weight excluding hydrogens is 224 g/mol. The predicted octanol–water partition coefficient (Wildman–Crippen LogP) is 2.32. The molecule has 1 heterocycles. The lowest BCUT2D eigenvalue weighted by Gasteiger charge is -2.32. The third kappa shape index (κ3) is 3.71. The van der Waals surface area contributed by atoms with E-state index in [-0.39, 0.29) is 11.8 Å². The molecule has 1 aliphatic carbocycles. The van der Waals surface area contributed by atoms with Gasteiger partial charge in [0.05, 0.1) is 5.92 Å². The van der Waals surface area contributed by atoms with Crippen molar-refractivity contribution in [2.45, 2.75) is 58.4 Å². The van der Waals surface area contributed by atoms with E-state index in [1.807, 2.05) is 0 Å². The summed E-state index contributed by atoms with van der Waals surface area (Å²) in [6.07, 6.45) is 7.68. The van der Waals surface area contributed by atoms with Crippen LogP contribution in [0.2, 0.25) is 0 Å². The Morgan fingerprint density at radius 3 is 2.61 bits per heavy atom. The molecule has 0 aromatic rings. The SMILES string of the molecule is CC1CNCC(C(=O)NC(C)C2CCCCC2)C1. The minimum absolute atomic E-state index is 0.180. The summed E-state index contributed by atoms with van der Waals surface area (Å²) in [6.45, 7) is 6.32. The van der Waals surface area contributed by atoms with Crippen molar-refractivity contribution in [3.63, 3.8) is 0 Å². The van der Waals surface area contributed by atoms with Crippen molar-refractivity contribution in [2.75, 3.05) is 13.1 Å². The molecule has 2 aliphatic rings. The van der Waals surface area contributed by atoms with Crippen LogP contribution < -0.4 is 10.6 Å². The maximum atomic E-state index is 12.2. The highest BCUT2D eigenvalue weighted by Crippen LogP contribution is 2.26. The number of piperidine rings is 1. The van der Waals surface area contributed by atoms with E-state index < -0.39 is 0 Å². The second-order valence-electron chi connectivity index (χ2n) is 6.39. The molecule has 1 amide bonds. The van der Waals surface area contributed by atoms with Gasteiger partial charge < -0.3 is 10.6 Å². The Labute approximate surface area is 111 Å². The second-order valence-corrected chi connectivity index (χ2v) is 6.39. The summed E-state index contributed by atoms with van der Waals surface area (Å²) in [6, 6.07) is 0.357. The first-order valence-corrected chi connectivity index (χ1v) is 7.68. The van der Waals surface area contributed by atoms with Gasteiger partial charge >= 0.3 is 0 Å². The molecule has 3 nitrogen and oxygen atoms in total. The third-order valence-corrected chi connectivity index (χ3v) is 4.67. The van der Waals surface area contributed by atoms with E-state index in [9.17, 15) is 4.79 Å². The van der Waals surface area contributed by atoms with Crippen LogP contribution in [0.15, 0.2) is 0 Å². The molecule has 2 fully saturated rings. The lowest BCUT2D eigenvalue weighted by molar-refractivity contribution is -0.127. The van der Waals surface area contributed by atoms with Crippen LogP contribution in [0.3, 0.4) is 0 Å². The number of carbonyl (C=O) groups excluding carboxylic acids is 1. The summed E-state index contributed by atoms with van der Waals surface area (Å²) in [5.41, 5.74) is 0. The van der Waals surface area contributed by atoms with Crippen molar-refractivity contribution in [1.82, 2.24) is 10.6 Å². The van der Waals surface area contributed by atoms with Gasteiger partial charge in [0.1, 0.15) is 0 Å². The van der Waals surface area contributed by atoms with Crippen LogP contribution in [0.1, 0.15) is 52.4 Å². The van der Waals surface area contributed by atoms with Gasteiger partial charge in [-0.05, 0) is 44.6 Å². The first-order valence-electron chi connectivity index (χ1n) is 7.68. The van der Waals surface area contributed by atoms with Crippen molar-refractivity contribution in [2.24, 2.45) is 17.8 Å². The maximum absolute atomic E-state index is 12.2. The van der Waals surface area contributed by atoms with Gasteiger partial charge in [-0.15, -0.1) is 0 Å². The molecular formula is C15H28N2O. The standard InChI is InChI=1S/C15H28N2O/c1-11-8-14(10-16-9-11)15(18)17-12(2)13-6-4-3-5-7-13/h11-14,16H,3-10H2,1-2H3,(H,17,18).